The first-order valence-electron chi connectivity index (χ1n) is 14.9. The van der Waals surface area contributed by atoms with Gasteiger partial charge in [-0.1, -0.05) is 74.9 Å². The van der Waals surface area contributed by atoms with Crippen molar-refractivity contribution in [3.8, 4) is 0 Å². The molecule has 10 heteroatoms. The molecule has 5 rings (SSSR count). The van der Waals surface area contributed by atoms with E-state index in [1.54, 1.807) is 48.5 Å². The van der Waals surface area contributed by atoms with Crippen LogP contribution < -0.4 is 5.32 Å². The number of ether oxygens (including phenoxy) is 4. The Kier molecular flexibility index (Phi) is 10.0. The summed E-state index contributed by atoms with van der Waals surface area (Å²) in [6.45, 7) is -0.568. The Balaban J connectivity index is 1.35. The number of rotatable bonds is 8. The van der Waals surface area contributed by atoms with Crippen LogP contribution in [0.5, 0.6) is 0 Å². The van der Waals surface area contributed by atoms with Gasteiger partial charge in [-0.05, 0) is 49.9 Å². The lowest BCUT2D eigenvalue weighted by molar-refractivity contribution is -0.193. The van der Waals surface area contributed by atoms with E-state index in [-0.39, 0.29) is 29.2 Å². The molecule has 2 aromatic rings. The average Bonchev–Trinajstić information content (AvgIpc) is 3.25. The molecule has 2 aliphatic carbocycles. The van der Waals surface area contributed by atoms with Crippen molar-refractivity contribution in [3.63, 3.8) is 0 Å². The summed E-state index contributed by atoms with van der Waals surface area (Å²) in [6, 6.07) is 16.1. The summed E-state index contributed by atoms with van der Waals surface area (Å²) in [5.74, 6) is -5.42. The summed E-state index contributed by atoms with van der Waals surface area (Å²) in [7, 11) is 0. The number of carbonyl (C=O) groups excluding carboxylic acids is 2. The zero-order valence-electron chi connectivity index (χ0n) is 23.6. The fourth-order valence-corrected chi connectivity index (χ4v) is 5.66. The van der Waals surface area contributed by atoms with Crippen LogP contribution in [0.15, 0.2) is 65.7 Å². The van der Waals surface area contributed by atoms with Gasteiger partial charge in [-0.3, -0.25) is 0 Å². The third-order valence-electron chi connectivity index (χ3n) is 7.99. The fraction of sp³-hybridized carbons (Fsp3) is 0.531. The van der Waals surface area contributed by atoms with Crippen LogP contribution >= 0.6 is 0 Å². The van der Waals surface area contributed by atoms with Gasteiger partial charge in [0.15, 0.2) is 0 Å². The van der Waals surface area contributed by atoms with Gasteiger partial charge in [-0.2, -0.15) is 8.78 Å². The Morgan fingerprint density at radius 2 is 1.38 bits per heavy atom. The van der Waals surface area contributed by atoms with Gasteiger partial charge in [-0.25, -0.2) is 14.6 Å². The van der Waals surface area contributed by atoms with Crippen LogP contribution in [0, 0.1) is 0 Å². The molecule has 1 N–H and O–H groups in total. The van der Waals surface area contributed by atoms with E-state index in [0.29, 0.717) is 0 Å². The maximum absolute atomic E-state index is 16.0. The number of carbonyl (C=O) groups is 2. The summed E-state index contributed by atoms with van der Waals surface area (Å²) in [5, 5.41) is 3.26. The van der Waals surface area contributed by atoms with Crippen LogP contribution in [0.2, 0.25) is 0 Å². The lowest BCUT2D eigenvalue weighted by atomic mass is 9.95. The molecule has 0 radical (unpaired) electrons. The molecule has 1 aliphatic heterocycles. The molecule has 42 heavy (non-hydrogen) atoms. The van der Waals surface area contributed by atoms with Crippen molar-refractivity contribution in [2.24, 2.45) is 4.99 Å². The second kappa shape index (κ2) is 14.1. The lowest BCUT2D eigenvalue weighted by Crippen LogP contribution is -2.47. The Hall–Kier alpha value is -3.53. The van der Waals surface area contributed by atoms with Crippen LogP contribution in [-0.2, 0) is 18.9 Å². The first kappa shape index (κ1) is 29.9. The van der Waals surface area contributed by atoms with E-state index in [4.69, 9.17) is 23.9 Å². The molecule has 2 aromatic carbocycles. The minimum Gasteiger partial charge on any atom is -0.459 e. The number of esters is 2. The van der Waals surface area contributed by atoms with Crippen molar-refractivity contribution >= 4 is 18.0 Å². The van der Waals surface area contributed by atoms with Gasteiger partial charge in [0, 0.05) is 6.04 Å². The van der Waals surface area contributed by atoms with E-state index in [1.807, 2.05) is 0 Å². The van der Waals surface area contributed by atoms with Crippen molar-refractivity contribution in [2.45, 2.75) is 101 Å². The number of hydrogen-bond donors (Lipinski definition) is 1. The van der Waals surface area contributed by atoms with Crippen molar-refractivity contribution in [1.82, 2.24) is 5.32 Å². The van der Waals surface area contributed by atoms with Gasteiger partial charge >= 0.3 is 17.9 Å². The second-order valence-corrected chi connectivity index (χ2v) is 11.2. The van der Waals surface area contributed by atoms with Crippen LogP contribution in [0.4, 0.5) is 8.78 Å². The molecule has 2 saturated carbocycles. The van der Waals surface area contributed by atoms with E-state index in [1.165, 1.54) is 12.1 Å². The predicted molar refractivity (Wildman–Crippen MR) is 151 cm³/mol. The second-order valence-electron chi connectivity index (χ2n) is 11.2. The Labute approximate surface area is 244 Å². The fourth-order valence-electron chi connectivity index (χ4n) is 5.66. The third-order valence-corrected chi connectivity index (χ3v) is 7.99. The highest BCUT2D eigenvalue weighted by atomic mass is 19.3. The number of alkyl halides is 2. The third kappa shape index (κ3) is 7.65. The normalized spacial score (nSPS) is 25.0. The van der Waals surface area contributed by atoms with Gasteiger partial charge in [0.05, 0.1) is 17.2 Å². The molecule has 0 bridgehead atoms. The zero-order valence-corrected chi connectivity index (χ0v) is 23.6. The minimum absolute atomic E-state index is 0.0218. The number of nitrogens with zero attached hydrogens (tertiary/aromatic N) is 1. The molecule has 1 saturated heterocycles. The van der Waals surface area contributed by atoms with Crippen molar-refractivity contribution in [3.05, 3.63) is 71.8 Å². The molecule has 0 amide bonds. The molecule has 1 heterocycles. The number of aliphatic imine (C=N–C) groups is 1. The van der Waals surface area contributed by atoms with Gasteiger partial charge in [0.25, 0.3) is 12.3 Å². The molecule has 3 aliphatic rings. The minimum atomic E-state index is -3.77. The van der Waals surface area contributed by atoms with Crippen LogP contribution in [-0.4, -0.2) is 61.1 Å². The van der Waals surface area contributed by atoms with Crippen molar-refractivity contribution < 1.29 is 37.3 Å². The maximum Gasteiger partial charge on any atom is 0.347 e. The van der Waals surface area contributed by atoms with Gasteiger partial charge in [0.2, 0.25) is 6.10 Å². The molecule has 0 unspecified atom stereocenters. The quantitative estimate of drug-likeness (QED) is 0.229. The van der Waals surface area contributed by atoms with E-state index in [0.717, 1.165) is 64.2 Å². The number of amidine groups is 1. The van der Waals surface area contributed by atoms with Crippen LogP contribution in [0.25, 0.3) is 0 Å². The monoisotopic (exact) mass is 584 g/mol. The lowest BCUT2D eigenvalue weighted by Gasteiger charge is -2.28. The molecule has 3 atom stereocenters. The smallest absolute Gasteiger partial charge is 0.347 e. The summed E-state index contributed by atoms with van der Waals surface area (Å²) in [5.41, 5.74) is 0.364. The molecule has 226 valence electrons. The summed E-state index contributed by atoms with van der Waals surface area (Å²) in [6.07, 6.45) is 4.23. The Morgan fingerprint density at radius 3 is 2.00 bits per heavy atom. The first-order valence-corrected chi connectivity index (χ1v) is 14.9. The standard InChI is InChI=1S/C32H38F2N2O6/c33-32(34)27(41-29(38)23-15-7-2-8-16-23)26(21-39-28(37)22-13-5-1-6-14-22)40-30(32)42-31(35-24-17-9-3-10-18-24)36-25-19-11-4-12-20-25/h1-2,5-8,13-16,24-27,30H,3-4,9-12,17-21H2,(H,35,36)/t26-,27-,30-/m1/s1. The van der Waals surface area contributed by atoms with E-state index in [9.17, 15) is 9.59 Å². The Bertz CT molecular complexity index is 1200. The highest BCUT2D eigenvalue weighted by Gasteiger charge is 2.63. The average molecular weight is 585 g/mol. The van der Waals surface area contributed by atoms with Gasteiger partial charge in [-0.15, -0.1) is 0 Å². The maximum atomic E-state index is 16.0. The molecule has 3 fully saturated rings. The van der Waals surface area contributed by atoms with Crippen molar-refractivity contribution in [2.75, 3.05) is 6.61 Å². The van der Waals surface area contributed by atoms with E-state index < -0.39 is 43.0 Å². The molecular weight excluding hydrogens is 546 g/mol. The highest BCUT2D eigenvalue weighted by molar-refractivity contribution is 5.90. The largest absolute Gasteiger partial charge is 0.459 e. The van der Waals surface area contributed by atoms with Gasteiger partial charge < -0.3 is 24.3 Å². The zero-order chi connectivity index (χ0) is 29.4. The highest BCUT2D eigenvalue weighted by Crippen LogP contribution is 2.40. The summed E-state index contributed by atoms with van der Waals surface area (Å²) in [4.78, 5) is 30.1. The van der Waals surface area contributed by atoms with Crippen LogP contribution in [0.1, 0.15) is 84.9 Å². The molecule has 0 spiro atoms. The SMILES string of the molecule is O=C(OC[C@H]1O[C@H](OC(=NC2CCCCC2)NC2CCCCC2)C(F)(F)[C@@H]1OC(=O)c1ccccc1)c1ccccc1. The first-order chi connectivity index (χ1) is 20.4. The number of hydrogen-bond acceptors (Lipinski definition) is 7. The Morgan fingerprint density at radius 1 is 0.810 bits per heavy atom. The summed E-state index contributed by atoms with van der Waals surface area (Å²) >= 11 is 0. The summed E-state index contributed by atoms with van der Waals surface area (Å²) < 4.78 is 54.2. The molecular formula is C32H38F2N2O6. The molecule has 0 aromatic heterocycles. The topological polar surface area (TPSA) is 95.5 Å². The van der Waals surface area contributed by atoms with E-state index >= 15 is 8.78 Å². The number of nitrogens with one attached hydrogen (secondary N) is 1. The van der Waals surface area contributed by atoms with Crippen LogP contribution in [0.3, 0.4) is 0 Å². The van der Waals surface area contributed by atoms with E-state index in [2.05, 4.69) is 5.32 Å². The number of benzene rings is 2. The molecule has 8 nitrogen and oxygen atoms in total. The van der Waals surface area contributed by atoms with Gasteiger partial charge in [0.1, 0.15) is 12.7 Å². The van der Waals surface area contributed by atoms with Crippen molar-refractivity contribution in [1.29, 1.82) is 0 Å². The number of halogens is 2. The predicted octanol–water partition coefficient (Wildman–Crippen LogP) is 6.06.